The third kappa shape index (κ3) is 2.76. The summed E-state index contributed by atoms with van der Waals surface area (Å²) >= 11 is 0. The van der Waals surface area contributed by atoms with Gasteiger partial charge in [-0.2, -0.15) is 0 Å². The minimum absolute atomic E-state index is 0.0519. The summed E-state index contributed by atoms with van der Waals surface area (Å²) in [6, 6.07) is -0.157. The molecule has 2 aliphatic rings. The fourth-order valence-electron chi connectivity index (χ4n) is 2.78. The molecule has 0 bridgehead atoms. The Labute approximate surface area is 97.6 Å². The maximum absolute atomic E-state index is 11.5. The highest BCUT2D eigenvalue weighted by Gasteiger charge is 2.40. The van der Waals surface area contributed by atoms with Crippen molar-refractivity contribution in [2.45, 2.75) is 38.3 Å². The zero-order chi connectivity index (χ0) is 11.8. The van der Waals surface area contributed by atoms with Crippen LogP contribution in [0.25, 0.3) is 0 Å². The first-order valence-electron chi connectivity index (χ1n) is 6.10. The highest BCUT2D eigenvalue weighted by atomic mass is 32.2. The van der Waals surface area contributed by atoms with Crippen molar-refractivity contribution in [3.63, 3.8) is 0 Å². The van der Waals surface area contributed by atoms with Crippen molar-refractivity contribution in [2.75, 3.05) is 24.6 Å². The molecule has 2 rings (SSSR count). The van der Waals surface area contributed by atoms with Crippen LogP contribution in [0.1, 0.15) is 26.2 Å². The fourth-order valence-corrected chi connectivity index (χ4v) is 4.61. The number of likely N-dealkylation sites (tertiary alicyclic amines) is 1. The van der Waals surface area contributed by atoms with Gasteiger partial charge in [-0.25, -0.2) is 8.42 Å². The summed E-state index contributed by atoms with van der Waals surface area (Å²) in [5, 5.41) is 9.81. The van der Waals surface area contributed by atoms with E-state index in [1.165, 1.54) is 6.42 Å². The molecule has 0 aromatic rings. The summed E-state index contributed by atoms with van der Waals surface area (Å²) in [4.78, 5) is 2.18. The number of sulfone groups is 1. The minimum Gasteiger partial charge on any atom is -0.390 e. The first-order valence-corrected chi connectivity index (χ1v) is 7.92. The predicted octanol–water partition coefficient (Wildman–Crippen LogP) is 0.266. The van der Waals surface area contributed by atoms with E-state index in [-0.39, 0.29) is 17.5 Å². The Bertz CT molecular complexity index is 341. The summed E-state index contributed by atoms with van der Waals surface area (Å²) in [6.07, 6.45) is 2.76. The van der Waals surface area contributed by atoms with Crippen LogP contribution in [0.15, 0.2) is 0 Å². The Morgan fingerprint density at radius 3 is 2.56 bits per heavy atom. The van der Waals surface area contributed by atoms with E-state index in [0.29, 0.717) is 0 Å². The van der Waals surface area contributed by atoms with Gasteiger partial charge in [0.1, 0.15) is 0 Å². The number of hydrogen-bond acceptors (Lipinski definition) is 4. The third-order valence-electron chi connectivity index (χ3n) is 3.81. The Morgan fingerprint density at radius 2 is 1.94 bits per heavy atom. The molecule has 0 saturated carbocycles. The van der Waals surface area contributed by atoms with Crippen LogP contribution in [0.4, 0.5) is 0 Å². The lowest BCUT2D eigenvalue weighted by Gasteiger charge is -2.28. The lowest BCUT2D eigenvalue weighted by Crippen LogP contribution is -2.43. The highest BCUT2D eigenvalue weighted by molar-refractivity contribution is 7.91. The molecular weight excluding hydrogens is 226 g/mol. The maximum atomic E-state index is 11.5. The van der Waals surface area contributed by atoms with Gasteiger partial charge in [-0.3, -0.25) is 4.90 Å². The normalized spacial score (nSPS) is 40.8. The van der Waals surface area contributed by atoms with Crippen molar-refractivity contribution in [1.82, 2.24) is 4.90 Å². The zero-order valence-corrected chi connectivity index (χ0v) is 10.6. The molecule has 0 radical (unpaired) electrons. The first-order chi connectivity index (χ1) is 7.48. The van der Waals surface area contributed by atoms with E-state index in [1.807, 2.05) is 0 Å². The van der Waals surface area contributed by atoms with Gasteiger partial charge in [-0.15, -0.1) is 0 Å². The summed E-state index contributed by atoms with van der Waals surface area (Å²) < 4.78 is 22.9. The summed E-state index contributed by atoms with van der Waals surface area (Å²) in [7, 11) is -3.01. The second-order valence-corrected chi connectivity index (χ2v) is 7.44. The molecule has 2 aliphatic heterocycles. The van der Waals surface area contributed by atoms with E-state index in [1.54, 1.807) is 0 Å². The molecule has 2 fully saturated rings. The largest absolute Gasteiger partial charge is 0.390 e. The average Bonchev–Trinajstić information content (AvgIpc) is 2.37. The van der Waals surface area contributed by atoms with E-state index in [9.17, 15) is 13.5 Å². The van der Waals surface area contributed by atoms with Gasteiger partial charge in [0.15, 0.2) is 9.84 Å². The number of nitrogens with zero attached hydrogens (tertiary/aromatic N) is 1. The Hall–Kier alpha value is -0.130. The highest BCUT2D eigenvalue weighted by Crippen LogP contribution is 2.23. The number of rotatable bonds is 1. The molecular formula is C11H21NO3S. The van der Waals surface area contributed by atoms with Gasteiger partial charge in [-0.1, -0.05) is 6.92 Å². The standard InChI is InChI=1S/C11H21NO3S/c1-9-3-2-5-12(6-4-9)10-7-16(14,15)8-11(10)13/h9-11,13H,2-8H2,1H3. The van der Waals surface area contributed by atoms with E-state index < -0.39 is 15.9 Å². The first kappa shape index (κ1) is 12.3. The van der Waals surface area contributed by atoms with Crippen molar-refractivity contribution < 1.29 is 13.5 Å². The van der Waals surface area contributed by atoms with E-state index in [2.05, 4.69) is 11.8 Å². The van der Waals surface area contributed by atoms with Gasteiger partial charge < -0.3 is 5.11 Å². The van der Waals surface area contributed by atoms with E-state index >= 15 is 0 Å². The van der Waals surface area contributed by atoms with Gasteiger partial charge in [0.25, 0.3) is 0 Å². The van der Waals surface area contributed by atoms with E-state index in [0.717, 1.165) is 31.8 Å². The van der Waals surface area contributed by atoms with Crippen LogP contribution in [0.5, 0.6) is 0 Å². The third-order valence-corrected chi connectivity index (χ3v) is 5.51. The van der Waals surface area contributed by atoms with Gasteiger partial charge in [0.05, 0.1) is 23.7 Å². The van der Waals surface area contributed by atoms with Gasteiger partial charge >= 0.3 is 0 Å². The monoisotopic (exact) mass is 247 g/mol. The minimum atomic E-state index is -3.01. The van der Waals surface area contributed by atoms with Crippen LogP contribution in [0.3, 0.4) is 0 Å². The topological polar surface area (TPSA) is 57.6 Å². The molecule has 0 aromatic carbocycles. The number of hydrogen-bond donors (Lipinski definition) is 1. The molecule has 94 valence electrons. The molecule has 16 heavy (non-hydrogen) atoms. The molecule has 0 aliphatic carbocycles. The van der Waals surface area contributed by atoms with Crippen LogP contribution >= 0.6 is 0 Å². The second kappa shape index (κ2) is 4.63. The smallest absolute Gasteiger partial charge is 0.154 e. The summed E-state index contributed by atoms with van der Waals surface area (Å²) in [6.45, 7) is 4.10. The average molecular weight is 247 g/mol. The summed E-state index contributed by atoms with van der Waals surface area (Å²) in [5.41, 5.74) is 0. The second-order valence-electron chi connectivity index (χ2n) is 5.28. The zero-order valence-electron chi connectivity index (χ0n) is 9.80. The lowest BCUT2D eigenvalue weighted by atomic mass is 10.0. The fraction of sp³-hybridized carbons (Fsp3) is 1.00. The van der Waals surface area contributed by atoms with Crippen molar-refractivity contribution >= 4 is 9.84 Å². The summed E-state index contributed by atoms with van der Waals surface area (Å²) in [5.74, 6) is 0.812. The molecule has 2 heterocycles. The van der Waals surface area contributed by atoms with Crippen LogP contribution in [0.2, 0.25) is 0 Å². The van der Waals surface area contributed by atoms with Crippen LogP contribution in [0, 0.1) is 5.92 Å². The van der Waals surface area contributed by atoms with Gasteiger partial charge in [0, 0.05) is 0 Å². The Morgan fingerprint density at radius 1 is 1.19 bits per heavy atom. The van der Waals surface area contributed by atoms with Crippen LogP contribution in [-0.4, -0.2) is 55.2 Å². The van der Waals surface area contributed by atoms with Crippen LogP contribution < -0.4 is 0 Å². The molecule has 0 aromatic heterocycles. The Balaban J connectivity index is 2.02. The van der Waals surface area contributed by atoms with Crippen molar-refractivity contribution in [3.8, 4) is 0 Å². The van der Waals surface area contributed by atoms with Crippen LogP contribution in [-0.2, 0) is 9.84 Å². The maximum Gasteiger partial charge on any atom is 0.154 e. The molecule has 0 spiro atoms. The molecule has 3 unspecified atom stereocenters. The number of aliphatic hydroxyl groups excluding tert-OH is 1. The van der Waals surface area contributed by atoms with Crippen molar-refractivity contribution in [3.05, 3.63) is 0 Å². The molecule has 1 N–H and O–H groups in total. The van der Waals surface area contributed by atoms with Gasteiger partial charge in [-0.05, 0) is 38.3 Å². The van der Waals surface area contributed by atoms with E-state index in [4.69, 9.17) is 0 Å². The molecule has 2 saturated heterocycles. The molecule has 0 amide bonds. The quantitative estimate of drug-likeness (QED) is 0.722. The predicted molar refractivity (Wildman–Crippen MR) is 63.0 cm³/mol. The SMILES string of the molecule is CC1CCCN(C2CS(=O)(=O)CC2O)CC1. The lowest BCUT2D eigenvalue weighted by molar-refractivity contribution is 0.0848. The van der Waals surface area contributed by atoms with Gasteiger partial charge in [0.2, 0.25) is 0 Å². The van der Waals surface area contributed by atoms with Crippen molar-refractivity contribution in [1.29, 1.82) is 0 Å². The van der Waals surface area contributed by atoms with Crippen molar-refractivity contribution in [2.24, 2.45) is 5.92 Å². The molecule has 3 atom stereocenters. The molecule has 4 nitrogen and oxygen atoms in total. The Kier molecular flexibility index (Phi) is 3.56. The number of aliphatic hydroxyl groups is 1. The molecule has 5 heteroatoms.